The molecule has 0 saturated heterocycles. The highest BCUT2D eigenvalue weighted by molar-refractivity contribution is 9.10. The summed E-state index contributed by atoms with van der Waals surface area (Å²) in [5, 5.41) is 12.6. The zero-order valence-corrected chi connectivity index (χ0v) is 22.3. The molecule has 0 unspecified atom stereocenters. The number of anilines is 1. The van der Waals surface area contributed by atoms with E-state index in [1.807, 2.05) is 79.9 Å². The van der Waals surface area contributed by atoms with Gasteiger partial charge in [0.2, 0.25) is 5.91 Å². The number of carbonyl (C=O) groups excluding carboxylic acids is 1. The van der Waals surface area contributed by atoms with Crippen LogP contribution in [0.4, 0.5) is 5.69 Å². The molecule has 8 heteroatoms. The predicted octanol–water partition coefficient (Wildman–Crippen LogP) is 6.37. The molecule has 0 saturated carbocycles. The van der Waals surface area contributed by atoms with Gasteiger partial charge in [-0.05, 0) is 73.9 Å². The van der Waals surface area contributed by atoms with E-state index in [0.29, 0.717) is 18.2 Å². The fourth-order valence-electron chi connectivity index (χ4n) is 3.82. The third-order valence-corrected chi connectivity index (χ3v) is 6.79. The maximum absolute atomic E-state index is 12.8. The molecule has 180 valence electrons. The third kappa shape index (κ3) is 6.32. The van der Waals surface area contributed by atoms with E-state index in [2.05, 4.69) is 43.6 Å². The van der Waals surface area contributed by atoms with Crippen LogP contribution in [0.25, 0.3) is 5.69 Å². The monoisotopic (exact) mass is 550 g/mol. The minimum Gasteiger partial charge on any atom is -0.494 e. The van der Waals surface area contributed by atoms with Gasteiger partial charge < -0.3 is 10.1 Å². The fourth-order valence-corrected chi connectivity index (χ4v) is 5.28. The second-order valence-corrected chi connectivity index (χ2v) is 9.93. The van der Waals surface area contributed by atoms with Gasteiger partial charge >= 0.3 is 0 Å². The summed E-state index contributed by atoms with van der Waals surface area (Å²) in [4.78, 5) is 12.8. The Bertz CT molecular complexity index is 1280. The maximum Gasteiger partial charge on any atom is 0.234 e. The van der Waals surface area contributed by atoms with Gasteiger partial charge in [-0.25, -0.2) is 0 Å². The van der Waals surface area contributed by atoms with Gasteiger partial charge in [0.1, 0.15) is 11.6 Å². The summed E-state index contributed by atoms with van der Waals surface area (Å²) in [6.45, 7) is 6.54. The molecule has 0 fully saturated rings. The molecule has 0 spiro atoms. The van der Waals surface area contributed by atoms with Crippen molar-refractivity contribution in [1.82, 2.24) is 14.8 Å². The number of hydrogen-bond donors (Lipinski definition) is 1. The summed E-state index contributed by atoms with van der Waals surface area (Å²) in [5.74, 6) is 1.75. The van der Waals surface area contributed by atoms with Crippen LogP contribution in [0.2, 0.25) is 0 Å². The number of ether oxygens (including phenoxy) is 1. The van der Waals surface area contributed by atoms with Gasteiger partial charge in [0, 0.05) is 22.3 Å². The third-order valence-electron chi connectivity index (χ3n) is 5.41. The number of aryl methyl sites for hydroxylation is 2. The summed E-state index contributed by atoms with van der Waals surface area (Å²) in [6.07, 6.45) is 0.630. The molecular weight excluding hydrogens is 524 g/mol. The minimum absolute atomic E-state index is 0.0885. The van der Waals surface area contributed by atoms with Gasteiger partial charge in [-0.2, -0.15) is 0 Å². The molecule has 0 aliphatic carbocycles. The molecule has 3 aromatic carbocycles. The quantitative estimate of drug-likeness (QED) is 0.245. The van der Waals surface area contributed by atoms with E-state index in [4.69, 9.17) is 4.74 Å². The molecular formula is C27H27BrN4O2S. The van der Waals surface area contributed by atoms with E-state index < -0.39 is 0 Å². The lowest BCUT2D eigenvalue weighted by Crippen LogP contribution is -2.16. The topological polar surface area (TPSA) is 69.0 Å². The first-order valence-electron chi connectivity index (χ1n) is 11.4. The molecule has 6 nitrogen and oxygen atoms in total. The molecule has 1 heterocycles. The molecule has 0 aliphatic heterocycles. The number of carbonyl (C=O) groups is 1. The van der Waals surface area contributed by atoms with E-state index in [-0.39, 0.29) is 11.7 Å². The summed E-state index contributed by atoms with van der Waals surface area (Å²) in [5.41, 5.74) is 4.93. The Balaban J connectivity index is 1.56. The van der Waals surface area contributed by atoms with Crippen molar-refractivity contribution in [3.63, 3.8) is 0 Å². The van der Waals surface area contributed by atoms with Gasteiger partial charge in [0.25, 0.3) is 0 Å². The average Bonchev–Trinajstić information content (AvgIpc) is 3.23. The number of amides is 1. The highest BCUT2D eigenvalue weighted by Gasteiger charge is 2.17. The SMILES string of the molecule is CCOc1ccc(-n2c(Cc3ccccc3)nnc2SCC(=O)Nc2c(C)cc(Br)cc2C)cc1. The Hall–Kier alpha value is -3.10. The standard InChI is InChI=1S/C27H27BrN4O2S/c1-4-34-23-12-10-22(11-13-23)32-24(16-20-8-6-5-7-9-20)30-31-27(32)35-17-25(33)29-26-18(2)14-21(28)15-19(26)3/h5-15H,4,16-17H2,1-3H3,(H,29,33). The van der Waals surface area contributed by atoms with E-state index in [1.54, 1.807) is 0 Å². The Morgan fingerprint density at radius 3 is 2.37 bits per heavy atom. The Morgan fingerprint density at radius 2 is 1.71 bits per heavy atom. The van der Waals surface area contributed by atoms with Crippen molar-refractivity contribution in [2.75, 3.05) is 17.7 Å². The second kappa shape index (κ2) is 11.6. The lowest BCUT2D eigenvalue weighted by atomic mass is 10.1. The summed E-state index contributed by atoms with van der Waals surface area (Å²) in [7, 11) is 0. The first-order valence-corrected chi connectivity index (χ1v) is 13.1. The van der Waals surface area contributed by atoms with Crippen LogP contribution in [-0.4, -0.2) is 33.0 Å². The van der Waals surface area contributed by atoms with Crippen LogP contribution >= 0.6 is 27.7 Å². The first kappa shape index (κ1) is 25.0. The van der Waals surface area contributed by atoms with Gasteiger partial charge in [-0.1, -0.05) is 58.0 Å². The van der Waals surface area contributed by atoms with Crippen molar-refractivity contribution in [3.8, 4) is 11.4 Å². The number of nitrogens with zero attached hydrogens (tertiary/aromatic N) is 3. The van der Waals surface area contributed by atoms with Gasteiger partial charge in [-0.15, -0.1) is 10.2 Å². The smallest absolute Gasteiger partial charge is 0.234 e. The summed E-state index contributed by atoms with van der Waals surface area (Å²) >= 11 is 4.87. The van der Waals surface area contributed by atoms with Crippen LogP contribution < -0.4 is 10.1 Å². The first-order chi connectivity index (χ1) is 16.9. The van der Waals surface area contributed by atoms with Crippen LogP contribution in [0.1, 0.15) is 29.4 Å². The Labute approximate surface area is 218 Å². The van der Waals surface area contributed by atoms with E-state index >= 15 is 0 Å². The van der Waals surface area contributed by atoms with Crippen molar-refractivity contribution in [1.29, 1.82) is 0 Å². The minimum atomic E-state index is -0.0885. The molecule has 1 amide bonds. The van der Waals surface area contributed by atoms with E-state index in [1.165, 1.54) is 11.8 Å². The predicted molar refractivity (Wildman–Crippen MR) is 145 cm³/mol. The van der Waals surface area contributed by atoms with E-state index in [9.17, 15) is 4.79 Å². The zero-order chi connectivity index (χ0) is 24.8. The number of benzene rings is 3. The molecule has 4 aromatic rings. The van der Waals surface area contributed by atoms with Crippen molar-refractivity contribution in [2.45, 2.75) is 32.3 Å². The molecule has 1 N–H and O–H groups in total. The number of thioether (sulfide) groups is 1. The highest BCUT2D eigenvalue weighted by atomic mass is 79.9. The van der Waals surface area contributed by atoms with Crippen LogP contribution in [-0.2, 0) is 11.2 Å². The number of nitrogens with one attached hydrogen (secondary N) is 1. The molecule has 4 rings (SSSR count). The molecule has 0 atom stereocenters. The van der Waals surface area contributed by atoms with Crippen molar-refractivity contribution >= 4 is 39.3 Å². The van der Waals surface area contributed by atoms with Crippen LogP contribution in [0, 0.1) is 13.8 Å². The number of rotatable bonds is 9. The van der Waals surface area contributed by atoms with Crippen LogP contribution in [0.5, 0.6) is 5.75 Å². The molecule has 0 aliphatic rings. The lowest BCUT2D eigenvalue weighted by molar-refractivity contribution is -0.113. The largest absolute Gasteiger partial charge is 0.494 e. The molecule has 35 heavy (non-hydrogen) atoms. The van der Waals surface area contributed by atoms with Crippen molar-refractivity contribution in [3.05, 3.63) is 93.7 Å². The zero-order valence-electron chi connectivity index (χ0n) is 19.9. The van der Waals surface area contributed by atoms with Gasteiger partial charge in [-0.3, -0.25) is 9.36 Å². The lowest BCUT2D eigenvalue weighted by Gasteiger charge is -2.13. The van der Waals surface area contributed by atoms with Crippen molar-refractivity contribution in [2.24, 2.45) is 0 Å². The number of halogens is 1. The van der Waals surface area contributed by atoms with Crippen LogP contribution in [0.15, 0.2) is 76.4 Å². The maximum atomic E-state index is 12.8. The van der Waals surface area contributed by atoms with Gasteiger partial charge in [0.05, 0.1) is 12.4 Å². The van der Waals surface area contributed by atoms with E-state index in [0.717, 1.165) is 44.1 Å². The van der Waals surface area contributed by atoms with Crippen molar-refractivity contribution < 1.29 is 9.53 Å². The second-order valence-electron chi connectivity index (χ2n) is 8.07. The number of hydrogen-bond acceptors (Lipinski definition) is 5. The average molecular weight is 552 g/mol. The Kier molecular flexibility index (Phi) is 8.25. The summed E-state index contributed by atoms with van der Waals surface area (Å²) < 4.78 is 8.60. The highest BCUT2D eigenvalue weighted by Crippen LogP contribution is 2.27. The van der Waals surface area contributed by atoms with Crippen LogP contribution in [0.3, 0.4) is 0 Å². The van der Waals surface area contributed by atoms with Gasteiger partial charge in [0.15, 0.2) is 5.16 Å². The molecule has 0 radical (unpaired) electrons. The fraction of sp³-hybridized carbons (Fsp3) is 0.222. The molecule has 0 bridgehead atoms. The normalized spacial score (nSPS) is 10.9. The molecule has 1 aromatic heterocycles. The Morgan fingerprint density at radius 1 is 1.03 bits per heavy atom. The summed E-state index contributed by atoms with van der Waals surface area (Å²) in [6, 6.07) is 22.0. The number of aromatic nitrogens is 3.